The van der Waals surface area contributed by atoms with E-state index in [1.165, 1.54) is 25.7 Å². The van der Waals surface area contributed by atoms with E-state index >= 15 is 0 Å². The molecule has 0 spiro atoms. The van der Waals surface area contributed by atoms with Crippen LogP contribution in [0.3, 0.4) is 0 Å². The number of aryl methyl sites for hydroxylation is 2. The van der Waals surface area contributed by atoms with Crippen LogP contribution < -0.4 is 5.43 Å². The van der Waals surface area contributed by atoms with Gasteiger partial charge in [-0.15, -0.1) is 0 Å². The standard InChI is InChI=1S/C14H21N3O/c1-3-4-5-6-7-8-13-15-14-10-12(18)9-11(2)17(14)16-13/h9-10H,3-8H2,1-2H3,(H,15,16). The van der Waals surface area contributed by atoms with Crippen molar-refractivity contribution < 1.29 is 0 Å². The van der Waals surface area contributed by atoms with Crippen molar-refractivity contribution in [1.29, 1.82) is 0 Å². The molecule has 0 fully saturated rings. The van der Waals surface area contributed by atoms with Crippen LogP contribution in [0.1, 0.15) is 50.5 Å². The topological polar surface area (TPSA) is 50.2 Å². The summed E-state index contributed by atoms with van der Waals surface area (Å²) < 4.78 is 1.88. The number of aromatic nitrogens is 3. The third-order valence-electron chi connectivity index (χ3n) is 3.21. The predicted octanol–water partition coefficient (Wildman–Crippen LogP) is 2.84. The Balaban J connectivity index is 2.02. The Labute approximate surface area is 107 Å². The van der Waals surface area contributed by atoms with E-state index in [-0.39, 0.29) is 5.43 Å². The molecular formula is C14H21N3O. The monoisotopic (exact) mass is 247 g/mol. The highest BCUT2D eigenvalue weighted by Gasteiger charge is 2.04. The number of unbranched alkanes of at least 4 members (excludes halogenated alkanes) is 4. The van der Waals surface area contributed by atoms with Crippen molar-refractivity contribution in [3.05, 3.63) is 33.9 Å². The minimum absolute atomic E-state index is 0.0218. The predicted molar refractivity (Wildman–Crippen MR) is 73.0 cm³/mol. The lowest BCUT2D eigenvalue weighted by molar-refractivity contribution is 0.622. The molecule has 4 heteroatoms. The Morgan fingerprint density at radius 3 is 2.78 bits per heavy atom. The first-order valence-corrected chi connectivity index (χ1v) is 6.79. The zero-order valence-electron chi connectivity index (χ0n) is 11.2. The number of nitrogens with zero attached hydrogens (tertiary/aromatic N) is 2. The molecule has 4 nitrogen and oxygen atoms in total. The van der Waals surface area contributed by atoms with E-state index in [2.05, 4.69) is 17.0 Å². The second-order valence-electron chi connectivity index (χ2n) is 4.86. The molecule has 0 saturated carbocycles. The number of rotatable bonds is 6. The molecule has 0 aromatic carbocycles. The molecule has 0 aliphatic rings. The Morgan fingerprint density at radius 1 is 1.22 bits per heavy atom. The molecule has 2 aromatic heterocycles. The summed E-state index contributed by atoms with van der Waals surface area (Å²) in [5, 5.41) is 3.25. The van der Waals surface area contributed by atoms with Crippen LogP contribution in [0.25, 0.3) is 5.65 Å². The highest BCUT2D eigenvalue weighted by molar-refractivity contribution is 5.38. The molecule has 0 bridgehead atoms. The Morgan fingerprint density at radius 2 is 2.00 bits per heavy atom. The van der Waals surface area contributed by atoms with Crippen molar-refractivity contribution in [3.8, 4) is 0 Å². The second-order valence-corrected chi connectivity index (χ2v) is 4.86. The van der Waals surface area contributed by atoms with Gasteiger partial charge in [-0.2, -0.15) is 0 Å². The van der Waals surface area contributed by atoms with E-state index in [0.29, 0.717) is 0 Å². The van der Waals surface area contributed by atoms with E-state index in [9.17, 15) is 4.79 Å². The minimum Gasteiger partial charge on any atom is -0.290 e. The van der Waals surface area contributed by atoms with Crippen molar-refractivity contribution in [1.82, 2.24) is 14.6 Å². The summed E-state index contributed by atoms with van der Waals surface area (Å²) in [6.45, 7) is 4.14. The smallest absolute Gasteiger partial charge is 0.184 e. The maximum absolute atomic E-state index is 11.4. The summed E-state index contributed by atoms with van der Waals surface area (Å²) in [5.74, 6) is 0.972. The molecule has 0 atom stereocenters. The minimum atomic E-state index is 0.0218. The maximum Gasteiger partial charge on any atom is 0.184 e. The van der Waals surface area contributed by atoms with Crippen molar-refractivity contribution in [2.75, 3.05) is 0 Å². The van der Waals surface area contributed by atoms with Crippen LogP contribution in [0.15, 0.2) is 16.9 Å². The molecule has 2 aromatic rings. The molecule has 0 radical (unpaired) electrons. The Hall–Kier alpha value is -1.58. The Bertz CT molecular complexity index is 568. The van der Waals surface area contributed by atoms with Gasteiger partial charge in [-0.1, -0.05) is 32.6 Å². The third-order valence-corrected chi connectivity index (χ3v) is 3.21. The summed E-state index contributed by atoms with van der Waals surface area (Å²) in [6, 6.07) is 3.19. The van der Waals surface area contributed by atoms with E-state index in [1.807, 2.05) is 11.4 Å². The van der Waals surface area contributed by atoms with Gasteiger partial charge < -0.3 is 0 Å². The summed E-state index contributed by atoms with van der Waals surface area (Å²) in [4.78, 5) is 15.8. The van der Waals surface area contributed by atoms with Gasteiger partial charge in [0.1, 0.15) is 5.82 Å². The average molecular weight is 247 g/mol. The third kappa shape index (κ3) is 3.00. The highest BCUT2D eigenvalue weighted by Crippen LogP contribution is 2.08. The van der Waals surface area contributed by atoms with Crippen LogP contribution in [-0.4, -0.2) is 14.6 Å². The van der Waals surface area contributed by atoms with E-state index in [0.717, 1.165) is 30.0 Å². The first-order valence-electron chi connectivity index (χ1n) is 6.79. The molecule has 2 rings (SSSR count). The summed E-state index contributed by atoms with van der Waals surface area (Å²) in [5.41, 5.74) is 1.65. The lowest BCUT2D eigenvalue weighted by Gasteiger charge is -1.98. The number of nitrogens with one attached hydrogen (secondary N) is 1. The number of pyridine rings is 1. The summed E-state index contributed by atoms with van der Waals surface area (Å²) >= 11 is 0. The number of H-pyrrole nitrogens is 1. The van der Waals surface area contributed by atoms with Crippen LogP contribution in [0, 0.1) is 6.92 Å². The lowest BCUT2D eigenvalue weighted by Crippen LogP contribution is -2.03. The van der Waals surface area contributed by atoms with Crippen LogP contribution >= 0.6 is 0 Å². The molecule has 18 heavy (non-hydrogen) atoms. The first kappa shape index (κ1) is 12.9. The second kappa shape index (κ2) is 5.85. The number of fused-ring (bicyclic) bond motifs is 1. The van der Waals surface area contributed by atoms with Gasteiger partial charge in [-0.25, -0.2) is 9.50 Å². The fraction of sp³-hybridized carbons (Fsp3) is 0.571. The lowest BCUT2D eigenvalue weighted by atomic mass is 10.1. The normalized spacial score (nSPS) is 11.2. The van der Waals surface area contributed by atoms with Gasteiger partial charge in [0.25, 0.3) is 0 Å². The molecule has 0 aliphatic heterocycles. The fourth-order valence-corrected chi connectivity index (χ4v) is 2.21. The van der Waals surface area contributed by atoms with Crippen molar-refractivity contribution >= 4 is 5.65 Å². The fourth-order valence-electron chi connectivity index (χ4n) is 2.21. The summed E-state index contributed by atoms with van der Waals surface area (Å²) in [7, 11) is 0. The van der Waals surface area contributed by atoms with Crippen molar-refractivity contribution in [2.45, 2.75) is 52.4 Å². The van der Waals surface area contributed by atoms with Crippen molar-refractivity contribution in [3.63, 3.8) is 0 Å². The number of aromatic amines is 1. The van der Waals surface area contributed by atoms with Crippen LogP contribution in [0.2, 0.25) is 0 Å². The molecule has 0 saturated heterocycles. The molecular weight excluding hydrogens is 226 g/mol. The Kier molecular flexibility index (Phi) is 4.18. The number of hydrogen-bond donors (Lipinski definition) is 1. The zero-order chi connectivity index (χ0) is 13.0. The van der Waals surface area contributed by atoms with E-state index < -0.39 is 0 Å². The average Bonchev–Trinajstić information content (AvgIpc) is 2.72. The molecule has 98 valence electrons. The summed E-state index contributed by atoms with van der Waals surface area (Å²) in [6.07, 6.45) is 7.25. The molecule has 0 aliphatic carbocycles. The largest absolute Gasteiger partial charge is 0.290 e. The molecule has 0 amide bonds. The van der Waals surface area contributed by atoms with Crippen LogP contribution in [0.4, 0.5) is 0 Å². The van der Waals surface area contributed by atoms with Crippen molar-refractivity contribution in [2.24, 2.45) is 0 Å². The van der Waals surface area contributed by atoms with E-state index in [1.54, 1.807) is 12.1 Å². The van der Waals surface area contributed by atoms with E-state index in [4.69, 9.17) is 0 Å². The van der Waals surface area contributed by atoms with Gasteiger partial charge in [0, 0.05) is 24.2 Å². The van der Waals surface area contributed by atoms with Gasteiger partial charge in [0.2, 0.25) is 0 Å². The highest BCUT2D eigenvalue weighted by atomic mass is 16.1. The number of hydrogen-bond acceptors (Lipinski definition) is 2. The van der Waals surface area contributed by atoms with Crippen LogP contribution in [-0.2, 0) is 6.42 Å². The van der Waals surface area contributed by atoms with Gasteiger partial charge in [-0.3, -0.25) is 9.89 Å². The molecule has 2 heterocycles. The SMILES string of the molecule is CCCCCCCc1nc2cc(=O)cc(C)n2[nH]1. The van der Waals surface area contributed by atoms with Gasteiger partial charge in [-0.05, 0) is 13.3 Å². The first-order chi connectivity index (χ1) is 8.70. The van der Waals surface area contributed by atoms with Gasteiger partial charge in [0.05, 0.1) is 0 Å². The molecule has 0 unspecified atom stereocenters. The zero-order valence-corrected chi connectivity index (χ0v) is 11.2. The van der Waals surface area contributed by atoms with Crippen LogP contribution in [0.5, 0.6) is 0 Å². The van der Waals surface area contributed by atoms with Gasteiger partial charge >= 0.3 is 0 Å². The quantitative estimate of drug-likeness (QED) is 0.798. The maximum atomic E-state index is 11.4. The molecule has 1 N–H and O–H groups in total. The van der Waals surface area contributed by atoms with Gasteiger partial charge in [0.15, 0.2) is 11.1 Å².